The fourth-order valence-corrected chi connectivity index (χ4v) is 2.65. The minimum atomic E-state index is -0.681. The van der Waals surface area contributed by atoms with Crippen LogP contribution in [0.25, 0.3) is 0 Å². The average Bonchev–Trinajstić information content (AvgIpc) is 2.62. The third-order valence-corrected chi connectivity index (χ3v) is 3.70. The second-order valence-electron chi connectivity index (χ2n) is 4.70. The van der Waals surface area contributed by atoms with Crippen LogP contribution in [-0.2, 0) is 16.6 Å². The Morgan fingerprint density at radius 3 is 2.67 bits per heavy atom. The van der Waals surface area contributed by atoms with Gasteiger partial charge in [-0.1, -0.05) is 11.6 Å². The number of urea groups is 1. The number of carbonyl (C=O) groups is 2. The van der Waals surface area contributed by atoms with Crippen LogP contribution in [0, 0.1) is 6.92 Å². The first-order chi connectivity index (χ1) is 9.86. The molecular weight excluding hydrogens is 296 g/mol. The van der Waals surface area contributed by atoms with Gasteiger partial charge < -0.3 is 15.4 Å². The van der Waals surface area contributed by atoms with Gasteiger partial charge in [0.2, 0.25) is 0 Å². The van der Waals surface area contributed by atoms with Gasteiger partial charge in [0.15, 0.2) is 0 Å². The average molecular weight is 313 g/mol. The summed E-state index contributed by atoms with van der Waals surface area (Å²) < 4.78 is 6.57. The van der Waals surface area contributed by atoms with Gasteiger partial charge in [-0.2, -0.15) is 5.10 Å². The molecule has 8 heteroatoms. The van der Waals surface area contributed by atoms with Crippen molar-refractivity contribution in [3.05, 3.63) is 27.7 Å². The molecule has 2 heterocycles. The predicted molar refractivity (Wildman–Crippen MR) is 76.7 cm³/mol. The molecule has 0 fully saturated rings. The number of rotatable bonds is 3. The normalized spacial score (nSPS) is 18.3. The van der Waals surface area contributed by atoms with E-state index in [9.17, 15) is 9.59 Å². The van der Waals surface area contributed by atoms with Gasteiger partial charge in [-0.15, -0.1) is 0 Å². The van der Waals surface area contributed by atoms with Crippen molar-refractivity contribution in [3.8, 4) is 0 Å². The van der Waals surface area contributed by atoms with Crippen LogP contribution in [0.3, 0.4) is 0 Å². The Bertz CT molecular complexity index is 636. The summed E-state index contributed by atoms with van der Waals surface area (Å²) >= 11 is 6.24. The summed E-state index contributed by atoms with van der Waals surface area (Å²) in [5, 5.41) is 9.86. The molecule has 2 amide bonds. The lowest BCUT2D eigenvalue weighted by Crippen LogP contribution is -2.45. The number of amides is 2. The zero-order valence-corrected chi connectivity index (χ0v) is 13.0. The van der Waals surface area contributed by atoms with Crippen molar-refractivity contribution in [2.45, 2.75) is 26.8 Å². The molecule has 7 nitrogen and oxygen atoms in total. The Morgan fingerprint density at radius 2 is 2.14 bits per heavy atom. The first-order valence-corrected chi connectivity index (χ1v) is 6.89. The Morgan fingerprint density at radius 1 is 1.48 bits per heavy atom. The molecule has 1 atom stereocenters. The van der Waals surface area contributed by atoms with E-state index in [0.29, 0.717) is 27.7 Å². The maximum absolute atomic E-state index is 12.2. The molecule has 0 unspecified atom stereocenters. The van der Waals surface area contributed by atoms with E-state index >= 15 is 0 Å². The molecule has 21 heavy (non-hydrogen) atoms. The predicted octanol–water partition coefficient (Wildman–Crippen LogP) is 1.57. The molecule has 2 N–H and O–H groups in total. The summed E-state index contributed by atoms with van der Waals surface area (Å²) in [6.07, 6.45) is 0. The minimum Gasteiger partial charge on any atom is -0.463 e. The van der Waals surface area contributed by atoms with Gasteiger partial charge >= 0.3 is 12.0 Å². The highest BCUT2D eigenvalue weighted by atomic mass is 35.5. The van der Waals surface area contributed by atoms with Crippen molar-refractivity contribution in [2.24, 2.45) is 7.05 Å². The van der Waals surface area contributed by atoms with Gasteiger partial charge in [-0.3, -0.25) is 4.68 Å². The Hall–Kier alpha value is -2.02. The highest BCUT2D eigenvalue weighted by Crippen LogP contribution is 2.33. The first kappa shape index (κ1) is 15.4. The molecule has 114 valence electrons. The van der Waals surface area contributed by atoms with Gasteiger partial charge in [-0.05, 0) is 20.8 Å². The molecular formula is C13H17ClN4O3. The van der Waals surface area contributed by atoms with Crippen LogP contribution < -0.4 is 10.6 Å². The molecule has 1 aromatic heterocycles. The second kappa shape index (κ2) is 5.77. The fourth-order valence-electron chi connectivity index (χ4n) is 2.36. The molecule has 0 saturated carbocycles. The zero-order valence-electron chi connectivity index (χ0n) is 12.3. The van der Waals surface area contributed by atoms with Gasteiger partial charge in [0.25, 0.3) is 0 Å². The Kier molecular flexibility index (Phi) is 4.22. The second-order valence-corrected chi connectivity index (χ2v) is 5.06. The number of hydrogen-bond donors (Lipinski definition) is 2. The molecule has 0 aromatic carbocycles. The van der Waals surface area contributed by atoms with E-state index in [1.807, 2.05) is 0 Å². The van der Waals surface area contributed by atoms with E-state index in [-0.39, 0.29) is 6.61 Å². The summed E-state index contributed by atoms with van der Waals surface area (Å²) in [5.74, 6) is -0.494. The lowest BCUT2D eigenvalue weighted by molar-refractivity contribution is -0.139. The van der Waals surface area contributed by atoms with E-state index in [1.165, 1.54) is 4.68 Å². The number of nitrogens with zero attached hydrogens (tertiary/aromatic N) is 2. The van der Waals surface area contributed by atoms with Crippen molar-refractivity contribution in [3.63, 3.8) is 0 Å². The van der Waals surface area contributed by atoms with Crippen LogP contribution in [0.15, 0.2) is 11.3 Å². The van der Waals surface area contributed by atoms with Crippen molar-refractivity contribution in [2.75, 3.05) is 6.61 Å². The zero-order chi connectivity index (χ0) is 15.7. The van der Waals surface area contributed by atoms with E-state index in [0.717, 1.165) is 0 Å². The standard InChI is InChI=1S/C13H17ClN4O3/c1-5-21-12(19)9-6(2)15-13(20)16-10(9)8-7(3)17-18(4)11(8)14/h10H,5H2,1-4H3,(H2,15,16,20)/t10-/m1/s1. The van der Waals surface area contributed by atoms with Crippen molar-refractivity contribution in [1.29, 1.82) is 0 Å². The molecule has 2 rings (SSSR count). The summed E-state index contributed by atoms with van der Waals surface area (Å²) in [5.41, 5.74) is 2.01. The molecule has 1 aromatic rings. The van der Waals surface area contributed by atoms with Crippen molar-refractivity contribution >= 4 is 23.6 Å². The highest BCUT2D eigenvalue weighted by Gasteiger charge is 2.35. The van der Waals surface area contributed by atoms with Crippen molar-refractivity contribution in [1.82, 2.24) is 20.4 Å². The van der Waals surface area contributed by atoms with Crippen LogP contribution in [0.1, 0.15) is 31.1 Å². The van der Waals surface area contributed by atoms with Crippen LogP contribution in [0.5, 0.6) is 0 Å². The largest absolute Gasteiger partial charge is 0.463 e. The quantitative estimate of drug-likeness (QED) is 0.830. The topological polar surface area (TPSA) is 85.2 Å². The SMILES string of the molecule is CCOC(=O)C1=C(C)NC(=O)N[C@@H]1c1c(C)nn(C)c1Cl. The fraction of sp³-hybridized carbons (Fsp3) is 0.462. The molecule has 0 radical (unpaired) electrons. The maximum Gasteiger partial charge on any atom is 0.338 e. The number of nitrogens with one attached hydrogen (secondary N) is 2. The first-order valence-electron chi connectivity index (χ1n) is 6.51. The number of esters is 1. The van der Waals surface area contributed by atoms with Gasteiger partial charge in [-0.25, -0.2) is 9.59 Å². The summed E-state index contributed by atoms with van der Waals surface area (Å²) in [6.45, 7) is 5.39. The van der Waals surface area contributed by atoms with Crippen molar-refractivity contribution < 1.29 is 14.3 Å². The van der Waals surface area contributed by atoms with Gasteiger partial charge in [0.1, 0.15) is 5.15 Å². The van der Waals surface area contributed by atoms with Crippen LogP contribution in [-0.4, -0.2) is 28.4 Å². The van der Waals surface area contributed by atoms with E-state index in [4.69, 9.17) is 16.3 Å². The van der Waals surface area contributed by atoms with Crippen LogP contribution in [0.2, 0.25) is 5.15 Å². The lowest BCUT2D eigenvalue weighted by atomic mass is 9.96. The Balaban J connectivity index is 2.55. The Labute approximate surface area is 127 Å². The minimum absolute atomic E-state index is 0.246. The molecule has 0 saturated heterocycles. The van der Waals surface area contributed by atoms with E-state index in [1.54, 1.807) is 27.8 Å². The molecule has 0 aliphatic carbocycles. The summed E-state index contributed by atoms with van der Waals surface area (Å²) in [7, 11) is 1.70. The highest BCUT2D eigenvalue weighted by molar-refractivity contribution is 6.30. The van der Waals surface area contributed by atoms with E-state index < -0.39 is 18.0 Å². The third-order valence-electron chi connectivity index (χ3n) is 3.25. The molecule has 1 aliphatic heterocycles. The number of aryl methyl sites for hydroxylation is 2. The molecule has 0 bridgehead atoms. The number of halogens is 1. The van der Waals surface area contributed by atoms with E-state index in [2.05, 4.69) is 15.7 Å². The number of carbonyl (C=O) groups excluding carboxylic acids is 2. The molecule has 0 spiro atoms. The smallest absolute Gasteiger partial charge is 0.338 e. The third kappa shape index (κ3) is 2.73. The van der Waals surface area contributed by atoms with Crippen LogP contribution >= 0.6 is 11.6 Å². The lowest BCUT2D eigenvalue weighted by Gasteiger charge is -2.27. The number of hydrogen-bond acceptors (Lipinski definition) is 4. The van der Waals surface area contributed by atoms with Gasteiger partial charge in [0, 0.05) is 18.3 Å². The monoisotopic (exact) mass is 312 g/mol. The molecule has 1 aliphatic rings. The van der Waals surface area contributed by atoms with Gasteiger partial charge in [0.05, 0.1) is 23.9 Å². The summed E-state index contributed by atoms with van der Waals surface area (Å²) in [6, 6.07) is -1.08. The number of allylic oxidation sites excluding steroid dienone is 1. The summed E-state index contributed by atoms with van der Waals surface area (Å²) in [4.78, 5) is 23.9. The number of aromatic nitrogens is 2. The van der Waals surface area contributed by atoms with Crippen LogP contribution in [0.4, 0.5) is 4.79 Å². The number of ether oxygens (including phenoxy) is 1. The maximum atomic E-state index is 12.2.